The minimum absolute atomic E-state index is 0.0343. The van der Waals surface area contributed by atoms with Gasteiger partial charge in [-0.3, -0.25) is 14.4 Å². The van der Waals surface area contributed by atoms with Crippen LogP contribution < -0.4 is 5.32 Å². The molecule has 2 aromatic rings. The number of carbonyl (C=O) groups is 4. The quantitative estimate of drug-likeness (QED) is 0.189. The Kier molecular flexibility index (Phi) is 16.9. The average Bonchev–Trinajstić information content (AvgIpc) is 3.64. The van der Waals surface area contributed by atoms with Gasteiger partial charge in [0, 0.05) is 70.9 Å². The van der Waals surface area contributed by atoms with Crippen molar-refractivity contribution in [1.82, 2.24) is 30.0 Å². The van der Waals surface area contributed by atoms with Gasteiger partial charge in [0.1, 0.15) is 6.04 Å². The van der Waals surface area contributed by atoms with Gasteiger partial charge in [0.05, 0.1) is 12.4 Å². The zero-order valence-corrected chi connectivity index (χ0v) is 31.8. The van der Waals surface area contributed by atoms with E-state index in [0.29, 0.717) is 31.0 Å². The Hall–Kier alpha value is -3.93. The number of aromatic amines is 1. The van der Waals surface area contributed by atoms with Crippen molar-refractivity contribution < 1.29 is 29.0 Å². The molecule has 12 nitrogen and oxygen atoms in total. The van der Waals surface area contributed by atoms with Crippen LogP contribution in [0.15, 0.2) is 42.9 Å². The van der Waals surface area contributed by atoms with Crippen LogP contribution in [0.5, 0.6) is 0 Å². The lowest BCUT2D eigenvalue weighted by molar-refractivity contribution is -0.146. The van der Waals surface area contributed by atoms with Gasteiger partial charge in [0.2, 0.25) is 11.8 Å². The fraction of sp³-hybridized carbons (Fsp3) is 0.667. The van der Waals surface area contributed by atoms with Crippen molar-refractivity contribution in [3.05, 3.63) is 54.1 Å². The van der Waals surface area contributed by atoms with Gasteiger partial charge in [0.15, 0.2) is 6.10 Å². The number of ether oxygens (including phenoxy) is 1. The molecule has 4 amide bonds. The number of H-pyrrole nitrogens is 1. The molecule has 1 aliphatic carbocycles. The Morgan fingerprint density at radius 1 is 0.922 bits per heavy atom. The number of imidazole rings is 1. The Morgan fingerprint density at radius 2 is 1.59 bits per heavy atom. The van der Waals surface area contributed by atoms with Crippen LogP contribution in [0, 0.1) is 17.8 Å². The lowest BCUT2D eigenvalue weighted by Gasteiger charge is -2.36. The molecule has 12 heteroatoms. The zero-order chi connectivity index (χ0) is 37.5. The van der Waals surface area contributed by atoms with Gasteiger partial charge in [-0.1, -0.05) is 77.3 Å². The van der Waals surface area contributed by atoms with E-state index in [1.54, 1.807) is 32.2 Å². The zero-order valence-electron chi connectivity index (χ0n) is 31.8. The molecule has 4 atom stereocenters. The van der Waals surface area contributed by atoms with Crippen molar-refractivity contribution in [2.24, 2.45) is 17.8 Å². The number of benzene rings is 1. The van der Waals surface area contributed by atoms with Crippen LogP contribution >= 0.6 is 0 Å². The summed E-state index contributed by atoms with van der Waals surface area (Å²) in [6.07, 6.45) is 8.29. The lowest BCUT2D eigenvalue weighted by atomic mass is 9.81. The van der Waals surface area contributed by atoms with E-state index < -0.39 is 30.3 Å². The third kappa shape index (κ3) is 13.6. The molecule has 0 radical (unpaired) electrons. The first-order valence-electron chi connectivity index (χ1n) is 18.7. The highest BCUT2D eigenvalue weighted by atomic mass is 16.6. The monoisotopic (exact) mass is 710 g/mol. The number of amides is 4. The molecule has 0 saturated heterocycles. The minimum Gasteiger partial charge on any atom is -0.436 e. The third-order valence-corrected chi connectivity index (χ3v) is 9.97. The van der Waals surface area contributed by atoms with Gasteiger partial charge >= 0.3 is 6.09 Å². The van der Waals surface area contributed by atoms with E-state index in [2.05, 4.69) is 29.1 Å². The summed E-state index contributed by atoms with van der Waals surface area (Å²) in [5.41, 5.74) is 1.47. The molecule has 0 spiro atoms. The number of aliphatic hydroxyl groups is 1. The maximum atomic E-state index is 14.4. The average molecular weight is 711 g/mol. The molecular weight excluding hydrogens is 648 g/mol. The number of aromatic nitrogens is 2. The molecule has 1 unspecified atom stereocenters. The Labute approximate surface area is 304 Å². The largest absolute Gasteiger partial charge is 0.436 e. The maximum Gasteiger partial charge on any atom is 0.410 e. The lowest BCUT2D eigenvalue weighted by Crippen LogP contribution is -2.56. The summed E-state index contributed by atoms with van der Waals surface area (Å²) in [4.78, 5) is 65.9. The third-order valence-electron chi connectivity index (χ3n) is 9.97. The van der Waals surface area contributed by atoms with E-state index in [-0.39, 0.29) is 49.1 Å². The van der Waals surface area contributed by atoms with Crippen LogP contribution in [-0.4, -0.2) is 112 Å². The first-order chi connectivity index (χ1) is 24.3. The standard InChI is InChI=1S/C39H62N6O6/c1-27(2)18-19-32(46)24-33(30-16-12-9-13-17-30)42-36(47)34(23-31-25-40-26-41-31)45(7)38(49)35(22-29-14-10-8-11-15-29)51-39(50)44(6)21-20-43(5)37(48)28(3)4/h8,10-11,14-15,25-28,30,32-35,46H,9,12-13,16-24H2,1-7H3,(H,40,41)(H,42,47)/t32-,33?,34-,35-/m0/s1. The summed E-state index contributed by atoms with van der Waals surface area (Å²) in [7, 11) is 4.83. The first kappa shape index (κ1) is 41.5. The summed E-state index contributed by atoms with van der Waals surface area (Å²) in [5.74, 6) is -0.342. The van der Waals surface area contributed by atoms with Gasteiger partial charge in [-0.2, -0.15) is 0 Å². The van der Waals surface area contributed by atoms with E-state index in [1.807, 2.05) is 44.2 Å². The molecule has 1 fully saturated rings. The van der Waals surface area contributed by atoms with Crippen molar-refractivity contribution in [1.29, 1.82) is 0 Å². The number of hydrogen-bond donors (Lipinski definition) is 3. The second-order valence-electron chi connectivity index (χ2n) is 15.0. The highest BCUT2D eigenvalue weighted by molar-refractivity contribution is 5.90. The normalized spacial score (nSPS) is 15.9. The predicted octanol–water partition coefficient (Wildman–Crippen LogP) is 4.83. The molecule has 3 rings (SSSR count). The Balaban J connectivity index is 1.84. The molecule has 1 saturated carbocycles. The number of aliphatic hydroxyl groups excluding tert-OH is 1. The summed E-state index contributed by atoms with van der Waals surface area (Å²) in [6, 6.07) is 8.12. The summed E-state index contributed by atoms with van der Waals surface area (Å²) in [5, 5.41) is 14.3. The van der Waals surface area contributed by atoms with Crippen LogP contribution in [0.4, 0.5) is 4.79 Å². The molecule has 51 heavy (non-hydrogen) atoms. The second kappa shape index (κ2) is 20.8. The van der Waals surface area contributed by atoms with Crippen LogP contribution in [0.25, 0.3) is 0 Å². The molecule has 3 N–H and O–H groups in total. The molecule has 0 aliphatic heterocycles. The second-order valence-corrected chi connectivity index (χ2v) is 15.0. The van der Waals surface area contributed by atoms with Gasteiger partial charge < -0.3 is 34.8 Å². The topological polar surface area (TPSA) is 148 Å². The van der Waals surface area contributed by atoms with E-state index in [1.165, 1.54) is 16.1 Å². The summed E-state index contributed by atoms with van der Waals surface area (Å²) in [6.45, 7) is 8.43. The molecule has 0 bridgehead atoms. The smallest absolute Gasteiger partial charge is 0.410 e. The van der Waals surface area contributed by atoms with Gasteiger partial charge in [0.25, 0.3) is 5.91 Å². The maximum absolute atomic E-state index is 14.4. The number of nitrogens with one attached hydrogen (secondary N) is 2. The predicted molar refractivity (Wildman–Crippen MR) is 198 cm³/mol. The molecule has 284 valence electrons. The van der Waals surface area contributed by atoms with Crippen molar-refractivity contribution in [2.45, 2.75) is 116 Å². The number of carbonyl (C=O) groups excluding carboxylic acids is 4. The van der Waals surface area contributed by atoms with Crippen LogP contribution in [0.1, 0.15) is 90.3 Å². The van der Waals surface area contributed by atoms with Crippen molar-refractivity contribution in [2.75, 3.05) is 34.2 Å². The molecule has 1 heterocycles. The van der Waals surface area contributed by atoms with Crippen molar-refractivity contribution in [3.8, 4) is 0 Å². The number of hydrogen-bond acceptors (Lipinski definition) is 7. The van der Waals surface area contributed by atoms with E-state index in [4.69, 9.17) is 4.74 Å². The van der Waals surface area contributed by atoms with Crippen molar-refractivity contribution >= 4 is 23.8 Å². The van der Waals surface area contributed by atoms with Crippen molar-refractivity contribution in [3.63, 3.8) is 0 Å². The molecule has 1 aromatic carbocycles. The fourth-order valence-electron chi connectivity index (χ4n) is 6.67. The molecule has 1 aromatic heterocycles. The van der Waals surface area contributed by atoms with E-state index in [0.717, 1.165) is 44.1 Å². The molecule has 1 aliphatic rings. The number of nitrogens with zero attached hydrogens (tertiary/aromatic N) is 4. The first-order valence-corrected chi connectivity index (χ1v) is 18.7. The van der Waals surface area contributed by atoms with Crippen LogP contribution in [0.2, 0.25) is 0 Å². The Morgan fingerprint density at radius 3 is 2.20 bits per heavy atom. The molecular formula is C39H62N6O6. The fourth-order valence-corrected chi connectivity index (χ4v) is 6.67. The Bertz CT molecular complexity index is 1350. The SMILES string of the molecule is CC(C)CC[C@H](O)CC(NC(=O)[C@H](Cc1cnc[nH]1)N(C)C(=O)[C@H](Cc1ccccc1)OC(=O)N(C)CCN(C)C(=O)C(C)C)C1CCCCC1. The van der Waals surface area contributed by atoms with Gasteiger partial charge in [-0.15, -0.1) is 0 Å². The van der Waals surface area contributed by atoms with E-state index in [9.17, 15) is 24.3 Å². The van der Waals surface area contributed by atoms with E-state index >= 15 is 0 Å². The van der Waals surface area contributed by atoms with Gasteiger partial charge in [-0.05, 0) is 49.5 Å². The number of rotatable bonds is 19. The number of likely N-dealkylation sites (N-methyl/N-ethyl adjacent to an activating group) is 3. The van der Waals surface area contributed by atoms with Crippen LogP contribution in [-0.2, 0) is 32.0 Å². The van der Waals surface area contributed by atoms with Gasteiger partial charge in [-0.25, -0.2) is 9.78 Å². The van der Waals surface area contributed by atoms with Crippen LogP contribution in [0.3, 0.4) is 0 Å². The summed E-state index contributed by atoms with van der Waals surface area (Å²) < 4.78 is 5.89. The highest BCUT2D eigenvalue weighted by Gasteiger charge is 2.37. The highest BCUT2D eigenvalue weighted by Crippen LogP contribution is 2.29. The minimum atomic E-state index is -1.22. The summed E-state index contributed by atoms with van der Waals surface area (Å²) >= 11 is 0.